The Bertz CT molecular complexity index is 572. The van der Waals surface area contributed by atoms with Crippen LogP contribution in [0.25, 0.3) is 0 Å². The van der Waals surface area contributed by atoms with Crippen LogP contribution in [0.15, 0.2) is 29.0 Å². The molecule has 5 heteroatoms. The Morgan fingerprint density at radius 1 is 1.24 bits per heavy atom. The Balaban J connectivity index is 2.44. The van der Waals surface area contributed by atoms with Gasteiger partial charge in [0.25, 0.3) is 0 Å². The summed E-state index contributed by atoms with van der Waals surface area (Å²) < 4.78 is 24.9. The van der Waals surface area contributed by atoms with Gasteiger partial charge in [-0.25, -0.2) is 4.39 Å². The average Bonchev–Trinajstić information content (AvgIpc) is 3.02. The third-order valence-corrected chi connectivity index (χ3v) is 3.99. The number of halogens is 1. The molecule has 21 heavy (non-hydrogen) atoms. The molecule has 0 aliphatic carbocycles. The van der Waals surface area contributed by atoms with Crippen molar-refractivity contribution in [2.45, 2.75) is 19.4 Å². The van der Waals surface area contributed by atoms with Crippen LogP contribution < -0.4 is 14.8 Å². The number of hydrogen-bond donors (Lipinski definition) is 1. The maximum absolute atomic E-state index is 14.5. The van der Waals surface area contributed by atoms with Gasteiger partial charge < -0.3 is 14.8 Å². The topological polar surface area (TPSA) is 30.5 Å². The Kier molecular flexibility index (Phi) is 5.59. The summed E-state index contributed by atoms with van der Waals surface area (Å²) in [6, 6.07) is 4.91. The van der Waals surface area contributed by atoms with Crippen molar-refractivity contribution in [1.82, 2.24) is 5.32 Å². The van der Waals surface area contributed by atoms with E-state index < -0.39 is 0 Å². The molecule has 2 rings (SSSR count). The molecule has 0 saturated carbocycles. The Labute approximate surface area is 128 Å². The van der Waals surface area contributed by atoms with Crippen molar-refractivity contribution < 1.29 is 13.9 Å². The third kappa shape index (κ3) is 3.54. The second-order valence-electron chi connectivity index (χ2n) is 4.67. The van der Waals surface area contributed by atoms with Crippen LogP contribution in [0, 0.1) is 5.82 Å². The second kappa shape index (κ2) is 7.43. The fraction of sp³-hybridized carbons (Fsp3) is 0.375. The summed E-state index contributed by atoms with van der Waals surface area (Å²) >= 11 is 1.60. The Morgan fingerprint density at radius 3 is 2.52 bits per heavy atom. The van der Waals surface area contributed by atoms with E-state index in [0.29, 0.717) is 17.1 Å². The highest BCUT2D eigenvalue weighted by Crippen LogP contribution is 2.35. The molecular weight excluding hydrogens is 289 g/mol. The second-order valence-corrected chi connectivity index (χ2v) is 5.45. The van der Waals surface area contributed by atoms with Gasteiger partial charge in [0.2, 0.25) is 0 Å². The van der Waals surface area contributed by atoms with Crippen LogP contribution in [-0.4, -0.2) is 20.8 Å². The van der Waals surface area contributed by atoms with Crippen LogP contribution in [-0.2, 0) is 0 Å². The van der Waals surface area contributed by atoms with Crippen LogP contribution in [0.5, 0.6) is 11.5 Å². The number of nitrogens with one attached hydrogen (secondary N) is 1. The summed E-state index contributed by atoms with van der Waals surface area (Å²) in [6.45, 7) is 2.90. The highest BCUT2D eigenvalue weighted by atomic mass is 32.1. The van der Waals surface area contributed by atoms with Crippen LogP contribution in [0.1, 0.15) is 30.5 Å². The summed E-state index contributed by atoms with van der Waals surface area (Å²) in [6.07, 6.45) is 0.982. The minimum Gasteiger partial charge on any atom is -0.493 e. The van der Waals surface area contributed by atoms with Gasteiger partial charge >= 0.3 is 0 Å². The van der Waals surface area contributed by atoms with Gasteiger partial charge in [-0.15, -0.1) is 0 Å². The van der Waals surface area contributed by atoms with Gasteiger partial charge in [-0.1, -0.05) is 6.92 Å². The van der Waals surface area contributed by atoms with Crippen LogP contribution in [0.4, 0.5) is 4.39 Å². The lowest BCUT2D eigenvalue weighted by molar-refractivity contribution is 0.350. The molecule has 1 unspecified atom stereocenters. The highest BCUT2D eigenvalue weighted by molar-refractivity contribution is 7.08. The molecule has 114 valence electrons. The highest BCUT2D eigenvalue weighted by Gasteiger charge is 2.21. The first-order valence-corrected chi connectivity index (χ1v) is 7.82. The fourth-order valence-electron chi connectivity index (χ4n) is 2.23. The summed E-state index contributed by atoms with van der Waals surface area (Å²) in [5.74, 6) is 0.637. The van der Waals surface area contributed by atoms with Gasteiger partial charge in [-0.05, 0) is 41.4 Å². The lowest BCUT2D eigenvalue weighted by Crippen LogP contribution is -2.23. The summed E-state index contributed by atoms with van der Waals surface area (Å²) in [5, 5.41) is 7.41. The number of hydrogen-bond acceptors (Lipinski definition) is 4. The number of thiophene rings is 1. The molecule has 1 aromatic carbocycles. The molecule has 0 bridgehead atoms. The van der Waals surface area contributed by atoms with Crippen molar-refractivity contribution in [2.24, 2.45) is 0 Å². The summed E-state index contributed by atoms with van der Waals surface area (Å²) in [4.78, 5) is 0. The predicted molar refractivity (Wildman–Crippen MR) is 84.0 cm³/mol. The molecule has 2 aromatic rings. The molecule has 0 saturated heterocycles. The van der Waals surface area contributed by atoms with Gasteiger partial charge in [-0.3, -0.25) is 0 Å². The van der Waals surface area contributed by atoms with E-state index in [0.717, 1.165) is 18.5 Å². The number of benzene rings is 1. The first kappa shape index (κ1) is 15.8. The molecule has 3 nitrogen and oxygen atoms in total. The zero-order chi connectivity index (χ0) is 15.2. The number of methoxy groups -OCH3 is 2. The molecule has 1 atom stereocenters. The molecule has 1 N–H and O–H groups in total. The van der Waals surface area contributed by atoms with E-state index >= 15 is 0 Å². The maximum Gasteiger partial charge on any atom is 0.163 e. The van der Waals surface area contributed by atoms with Crippen molar-refractivity contribution in [1.29, 1.82) is 0 Å². The first-order chi connectivity index (χ1) is 10.2. The van der Waals surface area contributed by atoms with Gasteiger partial charge in [-0.2, -0.15) is 11.3 Å². The van der Waals surface area contributed by atoms with E-state index in [1.54, 1.807) is 24.5 Å². The summed E-state index contributed by atoms with van der Waals surface area (Å²) in [7, 11) is 3.06. The van der Waals surface area contributed by atoms with Crippen molar-refractivity contribution in [2.75, 3.05) is 20.8 Å². The van der Waals surface area contributed by atoms with Crippen molar-refractivity contribution >= 4 is 11.3 Å². The van der Waals surface area contributed by atoms with Gasteiger partial charge in [0.05, 0.1) is 20.3 Å². The third-order valence-electron chi connectivity index (χ3n) is 3.29. The maximum atomic E-state index is 14.5. The molecule has 0 fully saturated rings. The van der Waals surface area contributed by atoms with Gasteiger partial charge in [0.1, 0.15) is 5.82 Å². The lowest BCUT2D eigenvalue weighted by atomic mass is 10.00. The lowest BCUT2D eigenvalue weighted by Gasteiger charge is -2.20. The quantitative estimate of drug-likeness (QED) is 0.839. The van der Waals surface area contributed by atoms with E-state index in [9.17, 15) is 4.39 Å². The van der Waals surface area contributed by atoms with Crippen molar-refractivity contribution in [3.8, 4) is 11.5 Å². The van der Waals surface area contributed by atoms with E-state index in [1.807, 2.05) is 16.8 Å². The normalized spacial score (nSPS) is 12.2. The molecule has 0 spiro atoms. The smallest absolute Gasteiger partial charge is 0.163 e. The molecule has 0 aliphatic heterocycles. The van der Waals surface area contributed by atoms with Gasteiger partial charge in [0.15, 0.2) is 11.5 Å². The van der Waals surface area contributed by atoms with Gasteiger partial charge in [0, 0.05) is 11.6 Å². The minimum absolute atomic E-state index is 0.184. The van der Waals surface area contributed by atoms with E-state index in [1.165, 1.54) is 13.2 Å². The average molecular weight is 309 g/mol. The molecular formula is C16H20FNO2S. The van der Waals surface area contributed by atoms with Crippen molar-refractivity contribution in [3.63, 3.8) is 0 Å². The zero-order valence-corrected chi connectivity index (χ0v) is 13.3. The Hall–Kier alpha value is -1.59. The predicted octanol–water partition coefficient (Wildman–Crippen LogP) is 3.99. The molecule has 0 amide bonds. The minimum atomic E-state index is -0.299. The monoisotopic (exact) mass is 309 g/mol. The van der Waals surface area contributed by atoms with Crippen LogP contribution >= 0.6 is 11.3 Å². The summed E-state index contributed by atoms with van der Waals surface area (Å²) in [5.41, 5.74) is 1.62. The molecule has 0 aliphatic rings. The van der Waals surface area contributed by atoms with Crippen molar-refractivity contribution in [3.05, 3.63) is 45.9 Å². The first-order valence-electron chi connectivity index (χ1n) is 6.88. The Morgan fingerprint density at radius 2 is 1.95 bits per heavy atom. The fourth-order valence-corrected chi connectivity index (χ4v) is 2.91. The van der Waals surface area contributed by atoms with E-state index in [2.05, 4.69) is 12.2 Å². The standard InChI is InChI=1S/C16H20FNO2S/c1-4-6-18-16(11-5-7-21-10-11)12-8-14(19-2)15(20-3)9-13(12)17/h5,7-10,16,18H,4,6H2,1-3H3. The SMILES string of the molecule is CCCNC(c1ccsc1)c1cc(OC)c(OC)cc1F. The zero-order valence-electron chi connectivity index (χ0n) is 12.5. The number of rotatable bonds is 7. The molecule has 1 heterocycles. The van der Waals surface area contributed by atoms with Crippen LogP contribution in [0.2, 0.25) is 0 Å². The molecule has 0 radical (unpaired) electrons. The van der Waals surface area contributed by atoms with E-state index in [4.69, 9.17) is 9.47 Å². The molecule has 1 aromatic heterocycles. The van der Waals surface area contributed by atoms with E-state index in [-0.39, 0.29) is 11.9 Å². The number of ether oxygens (including phenoxy) is 2. The largest absolute Gasteiger partial charge is 0.493 e. The van der Waals surface area contributed by atoms with Crippen LogP contribution in [0.3, 0.4) is 0 Å².